The quantitative estimate of drug-likeness (QED) is 0.346. The van der Waals surface area contributed by atoms with Crippen molar-refractivity contribution < 1.29 is 0 Å². The number of anilines is 3. The third kappa shape index (κ3) is 8.07. The molecule has 2 heterocycles. The number of benzene rings is 1. The van der Waals surface area contributed by atoms with E-state index in [1.807, 2.05) is 41.7 Å². The van der Waals surface area contributed by atoms with Crippen LogP contribution in [0.25, 0.3) is 0 Å². The molecule has 1 aromatic heterocycles. The lowest BCUT2D eigenvalue weighted by molar-refractivity contribution is 0.211. The molecule has 1 aromatic carbocycles. The topological polar surface area (TPSA) is 68.1 Å². The molecule has 1 atom stereocenters. The van der Waals surface area contributed by atoms with E-state index >= 15 is 0 Å². The molecule has 0 spiro atoms. The van der Waals surface area contributed by atoms with E-state index in [-0.39, 0.29) is 0 Å². The smallest absolute Gasteiger partial charge is 0.229 e. The zero-order chi connectivity index (χ0) is 24.2. The van der Waals surface area contributed by atoms with Crippen molar-refractivity contribution in [1.82, 2.24) is 14.9 Å². The minimum Gasteiger partial charge on any atom is -0.355 e. The van der Waals surface area contributed by atoms with Gasteiger partial charge in [-0.1, -0.05) is 19.4 Å². The molecule has 1 aliphatic rings. The first-order chi connectivity index (χ1) is 16.7. The van der Waals surface area contributed by atoms with Gasteiger partial charge >= 0.3 is 0 Å². The standard InChI is InChI=1S/C26H38N6S2/c1-4-8-22-18-25(30-26(28-22)29-23-10-5-9-21(17-23)19-27)32-14-11-24(20-32)31(12-6-15-33-2)13-7-16-34-3/h5,9-10,17-18,24H,4,6-8,11-16,20H2,1-3H3,(H,28,29,30)/t24-/m0/s1. The molecule has 0 unspecified atom stereocenters. The fourth-order valence-electron chi connectivity index (χ4n) is 4.43. The first-order valence-corrected chi connectivity index (χ1v) is 15.1. The number of nitrogens with one attached hydrogen (secondary N) is 1. The number of hydrogen-bond donors (Lipinski definition) is 1. The first kappa shape index (κ1) is 26.7. The summed E-state index contributed by atoms with van der Waals surface area (Å²) in [6.07, 6.45) is 10.0. The molecule has 0 radical (unpaired) electrons. The van der Waals surface area contributed by atoms with Crippen molar-refractivity contribution in [3.63, 3.8) is 0 Å². The Kier molecular flexibility index (Phi) is 11.3. The Bertz CT molecular complexity index is 922. The van der Waals surface area contributed by atoms with Crippen LogP contribution in [0.4, 0.5) is 17.5 Å². The molecule has 0 amide bonds. The molecule has 1 N–H and O–H groups in total. The summed E-state index contributed by atoms with van der Waals surface area (Å²) in [7, 11) is 0. The van der Waals surface area contributed by atoms with Crippen LogP contribution in [0.2, 0.25) is 0 Å². The highest BCUT2D eigenvalue weighted by atomic mass is 32.2. The largest absolute Gasteiger partial charge is 0.355 e. The second kappa shape index (κ2) is 14.4. The molecule has 3 rings (SSSR count). The van der Waals surface area contributed by atoms with Crippen molar-refractivity contribution >= 4 is 41.0 Å². The molecule has 1 fully saturated rings. The van der Waals surface area contributed by atoms with Gasteiger partial charge in [-0.2, -0.15) is 33.8 Å². The van der Waals surface area contributed by atoms with Gasteiger partial charge in [0.25, 0.3) is 0 Å². The van der Waals surface area contributed by atoms with Crippen LogP contribution in [0.15, 0.2) is 30.3 Å². The van der Waals surface area contributed by atoms with Crippen LogP contribution < -0.4 is 10.2 Å². The SMILES string of the molecule is CCCc1cc(N2CC[C@H](N(CCCSC)CCCSC)C2)nc(Nc2cccc(C#N)c2)n1. The molecule has 1 saturated heterocycles. The summed E-state index contributed by atoms with van der Waals surface area (Å²) < 4.78 is 0. The third-order valence-corrected chi connectivity index (χ3v) is 7.50. The van der Waals surface area contributed by atoms with E-state index in [1.165, 1.54) is 43.9 Å². The molecule has 2 aromatic rings. The number of rotatable bonds is 14. The molecule has 34 heavy (non-hydrogen) atoms. The van der Waals surface area contributed by atoms with Crippen LogP contribution in [-0.2, 0) is 6.42 Å². The lowest BCUT2D eigenvalue weighted by Crippen LogP contribution is -2.39. The van der Waals surface area contributed by atoms with Crippen LogP contribution in [0.3, 0.4) is 0 Å². The monoisotopic (exact) mass is 498 g/mol. The average molecular weight is 499 g/mol. The van der Waals surface area contributed by atoms with E-state index < -0.39 is 0 Å². The second-order valence-corrected chi connectivity index (χ2v) is 10.7. The fraction of sp³-hybridized carbons (Fsp3) is 0.577. The summed E-state index contributed by atoms with van der Waals surface area (Å²) in [5, 5.41) is 12.5. The van der Waals surface area contributed by atoms with Gasteiger partial charge in [0.05, 0.1) is 11.6 Å². The molecule has 1 aliphatic heterocycles. The highest BCUT2D eigenvalue weighted by Gasteiger charge is 2.28. The molecule has 0 bridgehead atoms. The highest BCUT2D eigenvalue weighted by molar-refractivity contribution is 7.98. The average Bonchev–Trinajstić information content (AvgIpc) is 3.34. The van der Waals surface area contributed by atoms with Gasteiger partial charge in [-0.25, -0.2) is 4.98 Å². The Hall–Kier alpha value is -1.95. The molecule has 184 valence electrons. The first-order valence-electron chi connectivity index (χ1n) is 12.3. The minimum absolute atomic E-state index is 0.581. The predicted octanol–water partition coefficient (Wildman–Crippen LogP) is 5.43. The van der Waals surface area contributed by atoms with Crippen molar-refractivity contribution in [2.24, 2.45) is 0 Å². The van der Waals surface area contributed by atoms with Crippen LogP contribution in [0, 0.1) is 11.3 Å². The normalized spacial score (nSPS) is 15.6. The minimum atomic E-state index is 0.581. The van der Waals surface area contributed by atoms with Crippen molar-refractivity contribution in [3.05, 3.63) is 41.6 Å². The number of nitriles is 1. The molecule has 8 heteroatoms. The highest BCUT2D eigenvalue weighted by Crippen LogP contribution is 2.25. The zero-order valence-corrected chi connectivity index (χ0v) is 22.4. The van der Waals surface area contributed by atoms with Gasteiger partial charge in [0.1, 0.15) is 5.82 Å². The van der Waals surface area contributed by atoms with Gasteiger partial charge in [-0.15, -0.1) is 0 Å². The maximum atomic E-state index is 9.21. The lowest BCUT2D eigenvalue weighted by Gasteiger charge is -2.29. The van der Waals surface area contributed by atoms with E-state index in [0.717, 1.165) is 43.1 Å². The Morgan fingerprint density at radius 1 is 1.15 bits per heavy atom. The summed E-state index contributed by atoms with van der Waals surface area (Å²) in [6, 6.07) is 12.4. The summed E-state index contributed by atoms with van der Waals surface area (Å²) in [5.74, 6) is 4.07. The molecule has 0 aliphatic carbocycles. The summed E-state index contributed by atoms with van der Waals surface area (Å²) >= 11 is 3.88. The third-order valence-electron chi connectivity index (χ3n) is 6.11. The molecular weight excluding hydrogens is 460 g/mol. The summed E-state index contributed by atoms with van der Waals surface area (Å²) in [6.45, 7) is 6.59. The van der Waals surface area contributed by atoms with E-state index in [0.29, 0.717) is 17.6 Å². The van der Waals surface area contributed by atoms with E-state index in [2.05, 4.69) is 46.7 Å². The van der Waals surface area contributed by atoms with Gasteiger partial charge in [-0.05, 0) is 81.0 Å². The van der Waals surface area contributed by atoms with Crippen molar-refractivity contribution in [2.45, 2.75) is 45.1 Å². The number of thioether (sulfide) groups is 2. The van der Waals surface area contributed by atoms with E-state index in [4.69, 9.17) is 9.97 Å². The number of aromatic nitrogens is 2. The second-order valence-electron chi connectivity index (χ2n) is 8.73. The Balaban J connectivity index is 1.73. The fourth-order valence-corrected chi connectivity index (χ4v) is 5.27. The van der Waals surface area contributed by atoms with Crippen molar-refractivity contribution in [3.8, 4) is 6.07 Å². The van der Waals surface area contributed by atoms with Crippen LogP contribution in [-0.4, -0.2) is 71.1 Å². The zero-order valence-electron chi connectivity index (χ0n) is 20.8. The maximum absolute atomic E-state index is 9.21. The van der Waals surface area contributed by atoms with Crippen molar-refractivity contribution in [2.75, 3.05) is 60.4 Å². The number of hydrogen-bond acceptors (Lipinski definition) is 8. The molecule has 6 nitrogen and oxygen atoms in total. The van der Waals surface area contributed by atoms with E-state index in [9.17, 15) is 5.26 Å². The Labute approximate surface area is 213 Å². The molecule has 0 saturated carbocycles. The van der Waals surface area contributed by atoms with Crippen LogP contribution in [0.5, 0.6) is 0 Å². The summed E-state index contributed by atoms with van der Waals surface area (Å²) in [5.41, 5.74) is 2.53. The molecular formula is C26H38N6S2. The van der Waals surface area contributed by atoms with Gasteiger partial charge in [0.15, 0.2) is 0 Å². The number of aryl methyl sites for hydroxylation is 1. The lowest BCUT2D eigenvalue weighted by atomic mass is 10.2. The summed E-state index contributed by atoms with van der Waals surface area (Å²) in [4.78, 5) is 14.8. The van der Waals surface area contributed by atoms with Crippen molar-refractivity contribution in [1.29, 1.82) is 5.26 Å². The Morgan fingerprint density at radius 2 is 1.91 bits per heavy atom. The Morgan fingerprint density at radius 3 is 2.59 bits per heavy atom. The van der Waals surface area contributed by atoms with Gasteiger partial charge < -0.3 is 10.2 Å². The van der Waals surface area contributed by atoms with Crippen LogP contribution in [0.1, 0.15) is 43.9 Å². The predicted molar refractivity (Wildman–Crippen MR) is 149 cm³/mol. The number of nitrogens with zero attached hydrogens (tertiary/aromatic N) is 5. The maximum Gasteiger partial charge on any atom is 0.229 e. The van der Waals surface area contributed by atoms with Gasteiger partial charge in [-0.3, -0.25) is 4.90 Å². The van der Waals surface area contributed by atoms with Gasteiger partial charge in [0, 0.05) is 36.6 Å². The van der Waals surface area contributed by atoms with Crippen LogP contribution >= 0.6 is 23.5 Å². The van der Waals surface area contributed by atoms with Gasteiger partial charge in [0.2, 0.25) is 5.95 Å². The van der Waals surface area contributed by atoms with E-state index in [1.54, 1.807) is 6.07 Å².